The van der Waals surface area contributed by atoms with E-state index in [1.807, 2.05) is 0 Å². The summed E-state index contributed by atoms with van der Waals surface area (Å²) < 4.78 is 2.82. The van der Waals surface area contributed by atoms with E-state index in [-0.39, 0.29) is 5.56 Å². The van der Waals surface area contributed by atoms with Gasteiger partial charge in [-0.05, 0) is 0 Å². The maximum atomic E-state index is 11.5. The van der Waals surface area contributed by atoms with Crippen LogP contribution in [-0.4, -0.2) is 24.3 Å². The average Bonchev–Trinajstić information content (AvgIpc) is 2.74. The number of rotatable bonds is 3. The number of nitrogens with zero attached hydrogens (tertiary/aromatic N) is 5. The molecule has 0 aliphatic heterocycles. The van der Waals surface area contributed by atoms with Gasteiger partial charge in [0.2, 0.25) is 0 Å². The molecule has 8 heteroatoms. The summed E-state index contributed by atoms with van der Waals surface area (Å²) in [4.78, 5) is 28.8. The summed E-state index contributed by atoms with van der Waals surface area (Å²) in [7, 11) is 1.75. The normalized spacial score (nSPS) is 10.2. The Morgan fingerprint density at radius 2 is 2.28 bits per heavy atom. The molecular weight excluding hydrogens is 236 g/mol. The number of H-pyrrole nitrogens is 1. The van der Waals surface area contributed by atoms with Crippen molar-refractivity contribution in [1.82, 2.24) is 24.3 Å². The lowest BCUT2D eigenvalue weighted by Gasteiger charge is -2.02. The highest BCUT2D eigenvalue weighted by Crippen LogP contribution is 1.93. The van der Waals surface area contributed by atoms with Crippen LogP contribution >= 0.6 is 0 Å². The highest BCUT2D eigenvalue weighted by molar-refractivity contribution is 5.21. The van der Waals surface area contributed by atoms with Crippen molar-refractivity contribution in [2.75, 3.05) is 0 Å². The molecule has 0 spiro atoms. The van der Waals surface area contributed by atoms with E-state index in [9.17, 15) is 9.59 Å². The summed E-state index contributed by atoms with van der Waals surface area (Å²) in [5.74, 6) is 0.592. The second-order valence-electron chi connectivity index (χ2n) is 3.69. The van der Waals surface area contributed by atoms with Crippen LogP contribution in [0.15, 0.2) is 22.1 Å². The van der Waals surface area contributed by atoms with Crippen LogP contribution in [0, 0.1) is 11.3 Å². The number of nitrogens with one attached hydrogen (secondary N) is 1. The van der Waals surface area contributed by atoms with Gasteiger partial charge < -0.3 is 0 Å². The van der Waals surface area contributed by atoms with Gasteiger partial charge in [0.25, 0.3) is 5.56 Å². The van der Waals surface area contributed by atoms with E-state index in [0.717, 1.165) is 0 Å². The van der Waals surface area contributed by atoms with E-state index in [2.05, 4.69) is 15.1 Å². The molecule has 2 aromatic heterocycles. The lowest BCUT2D eigenvalue weighted by atomic mass is 10.3. The zero-order valence-corrected chi connectivity index (χ0v) is 9.62. The van der Waals surface area contributed by atoms with Crippen molar-refractivity contribution >= 4 is 0 Å². The van der Waals surface area contributed by atoms with Crippen LogP contribution in [0.3, 0.4) is 0 Å². The van der Waals surface area contributed by atoms with Gasteiger partial charge in [0.1, 0.15) is 18.0 Å². The Balaban J connectivity index is 2.22. The maximum absolute atomic E-state index is 11.5. The SMILES string of the molecule is Cn1cnc(CCn2cc(C#N)c(=O)[nH]c2=O)n1. The predicted octanol–water partition coefficient (Wildman–Crippen LogP) is -1.22. The molecule has 18 heavy (non-hydrogen) atoms. The Labute approximate surface area is 101 Å². The smallest absolute Gasteiger partial charge is 0.299 e. The Hall–Kier alpha value is -2.69. The van der Waals surface area contributed by atoms with Gasteiger partial charge in [0.15, 0.2) is 5.82 Å². The molecule has 0 unspecified atom stereocenters. The first kappa shape index (κ1) is 11.8. The number of hydrogen-bond acceptors (Lipinski definition) is 5. The Morgan fingerprint density at radius 3 is 2.89 bits per heavy atom. The van der Waals surface area contributed by atoms with E-state index in [4.69, 9.17) is 5.26 Å². The summed E-state index contributed by atoms with van der Waals surface area (Å²) in [6.45, 7) is 0.300. The summed E-state index contributed by atoms with van der Waals surface area (Å²) in [5.41, 5.74) is -1.31. The third kappa shape index (κ3) is 2.35. The fourth-order valence-corrected chi connectivity index (χ4v) is 1.47. The minimum absolute atomic E-state index is 0.0939. The highest BCUT2D eigenvalue weighted by Gasteiger charge is 2.05. The molecule has 0 saturated heterocycles. The van der Waals surface area contributed by atoms with E-state index in [1.165, 1.54) is 10.8 Å². The molecule has 0 amide bonds. The molecule has 0 radical (unpaired) electrons. The topological polar surface area (TPSA) is 109 Å². The first-order chi connectivity index (χ1) is 8.60. The Morgan fingerprint density at radius 1 is 1.50 bits per heavy atom. The predicted molar refractivity (Wildman–Crippen MR) is 60.7 cm³/mol. The summed E-state index contributed by atoms with van der Waals surface area (Å²) in [5, 5.41) is 12.8. The molecule has 0 saturated carbocycles. The van der Waals surface area contributed by atoms with Crippen molar-refractivity contribution in [1.29, 1.82) is 5.26 Å². The van der Waals surface area contributed by atoms with E-state index >= 15 is 0 Å². The van der Waals surface area contributed by atoms with E-state index in [0.29, 0.717) is 18.8 Å². The molecule has 8 nitrogen and oxygen atoms in total. The van der Waals surface area contributed by atoms with Crippen molar-refractivity contribution in [2.24, 2.45) is 7.05 Å². The zero-order valence-electron chi connectivity index (χ0n) is 9.62. The minimum atomic E-state index is -0.672. The van der Waals surface area contributed by atoms with Crippen LogP contribution in [0.2, 0.25) is 0 Å². The maximum Gasteiger partial charge on any atom is 0.328 e. The molecule has 0 fully saturated rings. The Kier molecular flexibility index (Phi) is 3.05. The second kappa shape index (κ2) is 4.67. The standard InChI is InChI=1S/C10H10N6O2/c1-15-6-12-8(14-15)2-3-16-5-7(4-11)9(17)13-10(16)18/h5-6H,2-3H2,1H3,(H,13,17,18). The molecule has 0 aliphatic carbocycles. The van der Waals surface area contributed by atoms with Crippen LogP contribution < -0.4 is 11.2 Å². The lowest BCUT2D eigenvalue weighted by Crippen LogP contribution is -2.31. The largest absolute Gasteiger partial charge is 0.328 e. The second-order valence-corrected chi connectivity index (χ2v) is 3.69. The fraction of sp³-hybridized carbons (Fsp3) is 0.300. The first-order valence-corrected chi connectivity index (χ1v) is 5.18. The van der Waals surface area contributed by atoms with Gasteiger partial charge in [0, 0.05) is 26.2 Å². The van der Waals surface area contributed by atoms with Crippen molar-refractivity contribution < 1.29 is 0 Å². The molecule has 0 bridgehead atoms. The van der Waals surface area contributed by atoms with Gasteiger partial charge in [-0.25, -0.2) is 9.78 Å². The zero-order chi connectivity index (χ0) is 13.1. The summed E-state index contributed by atoms with van der Waals surface area (Å²) in [6.07, 6.45) is 3.24. The fourth-order valence-electron chi connectivity index (χ4n) is 1.47. The number of aryl methyl sites for hydroxylation is 3. The number of hydrogen-bond donors (Lipinski definition) is 1. The van der Waals surface area contributed by atoms with Crippen LogP contribution in [0.4, 0.5) is 0 Å². The van der Waals surface area contributed by atoms with Crippen LogP contribution in [0.5, 0.6) is 0 Å². The summed E-state index contributed by atoms with van der Waals surface area (Å²) >= 11 is 0. The molecular formula is C10H10N6O2. The number of nitriles is 1. The summed E-state index contributed by atoms with van der Waals surface area (Å²) in [6, 6.07) is 1.73. The molecule has 92 valence electrons. The van der Waals surface area contributed by atoms with Crippen LogP contribution in [0.25, 0.3) is 0 Å². The molecule has 2 aromatic rings. The van der Waals surface area contributed by atoms with Gasteiger partial charge in [-0.1, -0.05) is 0 Å². The van der Waals surface area contributed by atoms with Crippen molar-refractivity contribution in [3.05, 3.63) is 44.8 Å². The monoisotopic (exact) mass is 246 g/mol. The molecule has 0 aromatic carbocycles. The molecule has 0 atom stereocenters. The van der Waals surface area contributed by atoms with E-state index in [1.54, 1.807) is 24.1 Å². The van der Waals surface area contributed by atoms with Crippen molar-refractivity contribution in [3.63, 3.8) is 0 Å². The third-order valence-electron chi connectivity index (χ3n) is 2.35. The van der Waals surface area contributed by atoms with E-state index < -0.39 is 11.2 Å². The molecule has 0 aliphatic rings. The van der Waals surface area contributed by atoms with Gasteiger partial charge in [-0.2, -0.15) is 10.4 Å². The van der Waals surface area contributed by atoms with Crippen LogP contribution in [-0.2, 0) is 20.0 Å². The highest BCUT2D eigenvalue weighted by atomic mass is 16.2. The molecule has 2 heterocycles. The Bertz CT molecular complexity index is 717. The van der Waals surface area contributed by atoms with Gasteiger partial charge >= 0.3 is 5.69 Å². The minimum Gasteiger partial charge on any atom is -0.299 e. The first-order valence-electron chi connectivity index (χ1n) is 5.18. The average molecular weight is 246 g/mol. The molecule has 2 rings (SSSR count). The van der Waals surface area contributed by atoms with Crippen LogP contribution in [0.1, 0.15) is 11.4 Å². The van der Waals surface area contributed by atoms with Gasteiger partial charge in [-0.3, -0.25) is 19.0 Å². The number of aromatic amines is 1. The number of aromatic nitrogens is 5. The quantitative estimate of drug-likeness (QED) is 0.730. The third-order valence-corrected chi connectivity index (χ3v) is 2.35. The van der Waals surface area contributed by atoms with Gasteiger partial charge in [0.05, 0.1) is 0 Å². The van der Waals surface area contributed by atoms with Crippen molar-refractivity contribution in [3.8, 4) is 6.07 Å². The van der Waals surface area contributed by atoms with Gasteiger partial charge in [-0.15, -0.1) is 0 Å². The lowest BCUT2D eigenvalue weighted by molar-refractivity contribution is 0.621. The van der Waals surface area contributed by atoms with Crippen molar-refractivity contribution in [2.45, 2.75) is 13.0 Å². The molecule has 1 N–H and O–H groups in total.